The molecule has 0 N–H and O–H groups in total. The third kappa shape index (κ3) is 5.22. The zero-order valence-corrected chi connectivity index (χ0v) is 16.8. The van der Waals surface area contributed by atoms with Gasteiger partial charge in [0.05, 0.1) is 36.4 Å². The molecule has 1 fully saturated rings. The van der Waals surface area contributed by atoms with Gasteiger partial charge < -0.3 is 9.64 Å². The molecule has 4 rings (SSSR count). The van der Waals surface area contributed by atoms with Crippen LogP contribution in [0, 0.1) is 5.82 Å². The molecule has 0 bridgehead atoms. The third-order valence-electron chi connectivity index (χ3n) is 4.71. The molecule has 1 aliphatic rings. The van der Waals surface area contributed by atoms with E-state index < -0.39 is 17.6 Å². The van der Waals surface area contributed by atoms with Crippen molar-refractivity contribution in [2.24, 2.45) is 10.2 Å². The lowest BCUT2D eigenvalue weighted by Gasteiger charge is -2.27. The van der Waals surface area contributed by atoms with Crippen molar-refractivity contribution < 1.29 is 22.3 Å². The molecule has 3 heterocycles. The molecule has 1 aromatic carbocycles. The predicted octanol–water partition coefficient (Wildman–Crippen LogP) is 4.82. The number of pyridine rings is 1. The summed E-state index contributed by atoms with van der Waals surface area (Å²) in [6.07, 6.45) is -3.39. The zero-order valence-electron chi connectivity index (χ0n) is 16.8. The maximum absolute atomic E-state index is 14.1. The van der Waals surface area contributed by atoms with Gasteiger partial charge in [-0.05, 0) is 24.3 Å². The van der Waals surface area contributed by atoms with Crippen LogP contribution in [0.15, 0.2) is 58.9 Å². The van der Waals surface area contributed by atoms with E-state index in [9.17, 15) is 17.6 Å². The number of ether oxygens (including phenoxy) is 1. The second-order valence-corrected chi connectivity index (χ2v) is 6.93. The quantitative estimate of drug-likeness (QED) is 0.415. The highest BCUT2D eigenvalue weighted by Gasteiger charge is 2.30. The maximum atomic E-state index is 14.1. The van der Waals surface area contributed by atoms with E-state index in [0.717, 1.165) is 18.3 Å². The van der Waals surface area contributed by atoms with E-state index in [4.69, 9.17) is 4.74 Å². The molecule has 7 nitrogen and oxygen atoms in total. The standard InChI is InChI=1S/C21H18F4N6O/c22-17-13-26-20(29-19(17)31-7-9-32-10-8-31)30-27-12-16-5-2-6-18(28-16)14-3-1-4-15(11-14)21(23,24)25/h1-6,11,13H,7-10,12H2. The van der Waals surface area contributed by atoms with Crippen molar-refractivity contribution in [1.82, 2.24) is 15.0 Å². The highest BCUT2D eigenvalue weighted by molar-refractivity contribution is 5.60. The average molecular weight is 446 g/mol. The minimum atomic E-state index is -4.43. The largest absolute Gasteiger partial charge is 0.416 e. The lowest BCUT2D eigenvalue weighted by molar-refractivity contribution is -0.137. The Morgan fingerprint density at radius 3 is 2.59 bits per heavy atom. The van der Waals surface area contributed by atoms with Crippen LogP contribution in [-0.2, 0) is 17.5 Å². The van der Waals surface area contributed by atoms with E-state index in [0.29, 0.717) is 43.3 Å². The van der Waals surface area contributed by atoms with Gasteiger partial charge in [0, 0.05) is 18.7 Å². The number of morpholine rings is 1. The Morgan fingerprint density at radius 1 is 1.03 bits per heavy atom. The van der Waals surface area contributed by atoms with Gasteiger partial charge >= 0.3 is 6.18 Å². The van der Waals surface area contributed by atoms with Crippen LogP contribution < -0.4 is 4.90 Å². The number of hydrogen-bond donors (Lipinski definition) is 0. The number of rotatable bonds is 5. The molecular formula is C21H18F4N6O. The van der Waals surface area contributed by atoms with Crippen LogP contribution in [0.25, 0.3) is 11.3 Å². The third-order valence-corrected chi connectivity index (χ3v) is 4.71. The Kier molecular flexibility index (Phi) is 6.35. The van der Waals surface area contributed by atoms with E-state index in [1.54, 1.807) is 29.2 Å². The number of benzene rings is 1. The number of alkyl halides is 3. The second kappa shape index (κ2) is 9.35. The Morgan fingerprint density at radius 2 is 1.81 bits per heavy atom. The molecule has 0 amide bonds. The molecule has 1 aliphatic heterocycles. The molecule has 166 valence electrons. The Bertz CT molecular complexity index is 1120. The maximum Gasteiger partial charge on any atom is 0.416 e. The van der Waals surface area contributed by atoms with E-state index in [1.165, 1.54) is 6.07 Å². The van der Waals surface area contributed by atoms with Crippen molar-refractivity contribution in [3.63, 3.8) is 0 Å². The summed E-state index contributed by atoms with van der Waals surface area (Å²) in [6.45, 7) is 2.04. The normalized spacial score (nSPS) is 14.8. The summed E-state index contributed by atoms with van der Waals surface area (Å²) in [4.78, 5) is 14.1. The molecule has 3 aromatic rings. The van der Waals surface area contributed by atoms with Crippen molar-refractivity contribution in [1.29, 1.82) is 0 Å². The van der Waals surface area contributed by atoms with Crippen LogP contribution in [0.5, 0.6) is 0 Å². The first-order valence-electron chi connectivity index (χ1n) is 9.76. The number of nitrogens with zero attached hydrogens (tertiary/aromatic N) is 6. The van der Waals surface area contributed by atoms with Crippen LogP contribution in [0.3, 0.4) is 0 Å². The topological polar surface area (TPSA) is 75.9 Å². The summed E-state index contributed by atoms with van der Waals surface area (Å²) >= 11 is 0. The Hall–Kier alpha value is -3.47. The summed E-state index contributed by atoms with van der Waals surface area (Å²) in [5.41, 5.74) is 0.484. The van der Waals surface area contributed by atoms with Gasteiger partial charge in [0.2, 0.25) is 0 Å². The first kappa shape index (κ1) is 21.8. The zero-order chi connectivity index (χ0) is 22.6. The molecular weight excluding hydrogens is 428 g/mol. The van der Waals surface area contributed by atoms with Crippen LogP contribution in [0.1, 0.15) is 11.3 Å². The van der Waals surface area contributed by atoms with E-state index >= 15 is 0 Å². The number of halogens is 4. The molecule has 11 heteroatoms. The number of hydrogen-bond acceptors (Lipinski definition) is 7. The van der Waals surface area contributed by atoms with Gasteiger partial charge in [-0.15, -0.1) is 5.11 Å². The van der Waals surface area contributed by atoms with Crippen molar-refractivity contribution in [2.45, 2.75) is 12.7 Å². The van der Waals surface area contributed by atoms with Gasteiger partial charge in [-0.3, -0.25) is 4.98 Å². The van der Waals surface area contributed by atoms with Gasteiger partial charge in [-0.1, -0.05) is 18.2 Å². The molecule has 0 radical (unpaired) electrons. The smallest absolute Gasteiger partial charge is 0.378 e. The molecule has 1 saturated heterocycles. The van der Waals surface area contributed by atoms with E-state index in [1.807, 2.05) is 0 Å². The van der Waals surface area contributed by atoms with E-state index in [-0.39, 0.29) is 18.3 Å². The Balaban J connectivity index is 1.48. The predicted molar refractivity (Wildman–Crippen MR) is 108 cm³/mol. The molecule has 2 aromatic heterocycles. The summed E-state index contributed by atoms with van der Waals surface area (Å²) in [5.74, 6) is -0.412. The monoisotopic (exact) mass is 446 g/mol. The second-order valence-electron chi connectivity index (χ2n) is 6.93. The molecule has 0 unspecified atom stereocenters. The molecule has 0 spiro atoms. The fourth-order valence-electron chi connectivity index (χ4n) is 3.15. The average Bonchev–Trinajstić information content (AvgIpc) is 2.80. The van der Waals surface area contributed by atoms with Crippen LogP contribution in [-0.4, -0.2) is 41.3 Å². The van der Waals surface area contributed by atoms with Crippen molar-refractivity contribution in [3.8, 4) is 11.3 Å². The van der Waals surface area contributed by atoms with Gasteiger partial charge in [-0.25, -0.2) is 9.37 Å². The van der Waals surface area contributed by atoms with Gasteiger partial charge in [0.25, 0.3) is 5.95 Å². The molecule has 0 aliphatic carbocycles. The number of aromatic nitrogens is 3. The lowest BCUT2D eigenvalue weighted by atomic mass is 10.1. The Labute approximate surface area is 180 Å². The lowest BCUT2D eigenvalue weighted by Crippen LogP contribution is -2.37. The van der Waals surface area contributed by atoms with Crippen molar-refractivity contribution >= 4 is 11.8 Å². The molecule has 0 atom stereocenters. The van der Waals surface area contributed by atoms with Crippen LogP contribution >= 0.6 is 0 Å². The van der Waals surface area contributed by atoms with Crippen molar-refractivity contribution in [2.75, 3.05) is 31.2 Å². The number of azo groups is 1. The fourth-order valence-corrected chi connectivity index (χ4v) is 3.15. The summed E-state index contributed by atoms with van der Waals surface area (Å²) in [5, 5.41) is 7.95. The molecule has 0 saturated carbocycles. The summed E-state index contributed by atoms with van der Waals surface area (Å²) < 4.78 is 58.3. The highest BCUT2D eigenvalue weighted by atomic mass is 19.4. The SMILES string of the molecule is Fc1cnc(N=NCc2cccc(-c3cccc(C(F)(F)F)c3)n2)nc1N1CCOCC1. The minimum Gasteiger partial charge on any atom is -0.378 e. The van der Waals surface area contributed by atoms with Crippen LogP contribution in [0.2, 0.25) is 0 Å². The van der Waals surface area contributed by atoms with Gasteiger partial charge in [-0.2, -0.15) is 23.3 Å². The summed E-state index contributed by atoms with van der Waals surface area (Å²) in [7, 11) is 0. The van der Waals surface area contributed by atoms with E-state index in [2.05, 4.69) is 25.2 Å². The van der Waals surface area contributed by atoms with Gasteiger partial charge in [0.1, 0.15) is 6.54 Å². The van der Waals surface area contributed by atoms with Gasteiger partial charge in [0.15, 0.2) is 11.6 Å². The summed E-state index contributed by atoms with van der Waals surface area (Å²) in [6, 6.07) is 9.93. The molecule has 32 heavy (non-hydrogen) atoms. The highest BCUT2D eigenvalue weighted by Crippen LogP contribution is 2.31. The first-order valence-corrected chi connectivity index (χ1v) is 9.76. The fraction of sp³-hybridized carbons (Fsp3) is 0.286. The van der Waals surface area contributed by atoms with Crippen molar-refractivity contribution in [3.05, 3.63) is 65.7 Å². The van der Waals surface area contributed by atoms with Crippen LogP contribution in [0.4, 0.5) is 29.3 Å². The first-order chi connectivity index (χ1) is 15.4. The minimum absolute atomic E-state index is 0.00178. The number of anilines is 1.